The zero-order chi connectivity index (χ0) is 15.8. The Balaban J connectivity index is 2.27. The Morgan fingerprint density at radius 1 is 1.19 bits per heavy atom. The summed E-state index contributed by atoms with van der Waals surface area (Å²) < 4.78 is 39.8. The Morgan fingerprint density at radius 2 is 1.86 bits per heavy atom. The standard InChI is InChI=1S/C13H9BrCl2F3NS/c1-6(10-5-11(15)21-12(10)16)20-9-3-7(13(17,18)19)2-8(14)4-9/h2-6,20H,1H3. The third-order valence-electron chi connectivity index (χ3n) is 2.76. The zero-order valence-corrected chi connectivity index (χ0v) is 14.5. The van der Waals surface area contributed by atoms with Gasteiger partial charge in [-0.1, -0.05) is 39.1 Å². The van der Waals surface area contributed by atoms with E-state index in [1.807, 2.05) is 0 Å². The fraction of sp³-hybridized carbons (Fsp3) is 0.231. The fourth-order valence-corrected chi connectivity index (χ4v) is 3.95. The predicted octanol–water partition coefficient (Wildman–Crippen LogP) is 7.01. The largest absolute Gasteiger partial charge is 0.416 e. The van der Waals surface area contributed by atoms with E-state index in [1.165, 1.54) is 11.3 Å². The number of halogens is 6. The lowest BCUT2D eigenvalue weighted by atomic mass is 10.1. The molecule has 2 rings (SSSR count). The van der Waals surface area contributed by atoms with E-state index in [9.17, 15) is 13.2 Å². The Kier molecular flexibility index (Phi) is 5.13. The number of hydrogen-bond donors (Lipinski definition) is 1. The van der Waals surface area contributed by atoms with E-state index in [2.05, 4.69) is 21.2 Å². The fourth-order valence-electron chi connectivity index (χ4n) is 1.81. The van der Waals surface area contributed by atoms with E-state index in [0.717, 1.165) is 17.7 Å². The van der Waals surface area contributed by atoms with Crippen LogP contribution < -0.4 is 5.32 Å². The number of rotatable bonds is 3. The lowest BCUT2D eigenvalue weighted by Gasteiger charge is -2.17. The quantitative estimate of drug-likeness (QED) is 0.565. The van der Waals surface area contributed by atoms with Crippen LogP contribution in [0.4, 0.5) is 18.9 Å². The molecule has 1 aromatic carbocycles. The molecule has 1 aromatic heterocycles. The summed E-state index contributed by atoms with van der Waals surface area (Å²) >= 11 is 16.2. The molecule has 21 heavy (non-hydrogen) atoms. The first-order valence-electron chi connectivity index (χ1n) is 5.76. The number of thiophene rings is 1. The van der Waals surface area contributed by atoms with Crippen molar-refractivity contribution in [1.29, 1.82) is 0 Å². The minimum absolute atomic E-state index is 0.267. The molecule has 0 aliphatic carbocycles. The van der Waals surface area contributed by atoms with Gasteiger partial charge in [0.2, 0.25) is 0 Å². The summed E-state index contributed by atoms with van der Waals surface area (Å²) in [5.74, 6) is 0. The van der Waals surface area contributed by atoms with Gasteiger partial charge < -0.3 is 5.32 Å². The highest BCUT2D eigenvalue weighted by Crippen LogP contribution is 2.38. The normalized spacial score (nSPS) is 13.3. The molecule has 114 valence electrons. The first-order chi connectivity index (χ1) is 9.66. The van der Waals surface area contributed by atoms with Crippen molar-refractivity contribution in [1.82, 2.24) is 0 Å². The van der Waals surface area contributed by atoms with Gasteiger partial charge in [0.1, 0.15) is 0 Å². The molecule has 0 saturated carbocycles. The Bertz CT molecular complexity index is 657. The molecule has 1 atom stereocenters. The molecule has 0 aliphatic heterocycles. The summed E-state index contributed by atoms with van der Waals surface area (Å²) in [6.45, 7) is 1.80. The number of nitrogens with one attached hydrogen (secondary N) is 1. The lowest BCUT2D eigenvalue weighted by Crippen LogP contribution is -2.09. The zero-order valence-electron chi connectivity index (χ0n) is 10.6. The van der Waals surface area contributed by atoms with Gasteiger partial charge in [-0.15, -0.1) is 11.3 Å². The van der Waals surface area contributed by atoms with Gasteiger partial charge in [0.15, 0.2) is 0 Å². The molecule has 0 bridgehead atoms. The second-order valence-corrected chi connectivity index (χ2v) is 7.57. The van der Waals surface area contributed by atoms with Crippen molar-refractivity contribution in [2.75, 3.05) is 5.32 Å². The van der Waals surface area contributed by atoms with E-state index in [0.29, 0.717) is 18.8 Å². The van der Waals surface area contributed by atoms with Crippen LogP contribution in [-0.2, 0) is 6.18 Å². The Morgan fingerprint density at radius 3 is 2.38 bits per heavy atom. The van der Waals surface area contributed by atoms with Gasteiger partial charge in [0.25, 0.3) is 0 Å². The smallest absolute Gasteiger partial charge is 0.378 e. The molecule has 0 aliphatic rings. The van der Waals surface area contributed by atoms with Crippen LogP contribution >= 0.6 is 50.5 Å². The monoisotopic (exact) mass is 417 g/mol. The van der Waals surface area contributed by atoms with E-state index < -0.39 is 11.7 Å². The summed E-state index contributed by atoms with van der Waals surface area (Å²) in [5, 5.41) is 3.00. The summed E-state index contributed by atoms with van der Waals surface area (Å²) in [5.41, 5.74) is 0.379. The van der Waals surface area contributed by atoms with Gasteiger partial charge in [-0.3, -0.25) is 0 Å². The van der Waals surface area contributed by atoms with Crippen LogP contribution in [0.5, 0.6) is 0 Å². The van der Waals surface area contributed by atoms with Gasteiger partial charge >= 0.3 is 6.18 Å². The lowest BCUT2D eigenvalue weighted by molar-refractivity contribution is -0.137. The molecule has 1 heterocycles. The summed E-state index contributed by atoms with van der Waals surface area (Å²) in [7, 11) is 0. The molecular formula is C13H9BrCl2F3NS. The van der Waals surface area contributed by atoms with Gasteiger partial charge in [-0.2, -0.15) is 13.2 Å². The van der Waals surface area contributed by atoms with Crippen molar-refractivity contribution in [3.8, 4) is 0 Å². The number of alkyl halides is 3. The van der Waals surface area contributed by atoms with Crippen LogP contribution in [0.25, 0.3) is 0 Å². The van der Waals surface area contributed by atoms with Crippen LogP contribution in [0.1, 0.15) is 24.1 Å². The highest BCUT2D eigenvalue weighted by Gasteiger charge is 2.31. The van der Waals surface area contributed by atoms with Crippen LogP contribution in [0.3, 0.4) is 0 Å². The molecule has 1 nitrogen and oxygen atoms in total. The maximum absolute atomic E-state index is 12.8. The minimum atomic E-state index is -4.40. The average Bonchev–Trinajstić information content (AvgIpc) is 2.66. The van der Waals surface area contributed by atoms with Crippen LogP contribution in [0.15, 0.2) is 28.7 Å². The van der Waals surface area contributed by atoms with Crippen molar-refractivity contribution >= 4 is 56.2 Å². The van der Waals surface area contributed by atoms with E-state index in [1.54, 1.807) is 19.1 Å². The first kappa shape index (κ1) is 16.9. The predicted molar refractivity (Wildman–Crippen MR) is 85.5 cm³/mol. The third kappa shape index (κ3) is 4.28. The summed E-state index contributed by atoms with van der Waals surface area (Å²) in [6, 6.07) is 5.10. The average molecular weight is 419 g/mol. The molecule has 0 radical (unpaired) electrons. The van der Waals surface area contributed by atoms with Gasteiger partial charge in [-0.25, -0.2) is 0 Å². The molecular weight excluding hydrogens is 410 g/mol. The highest BCUT2D eigenvalue weighted by molar-refractivity contribution is 9.10. The molecule has 1 unspecified atom stereocenters. The van der Waals surface area contributed by atoms with Gasteiger partial charge in [0.05, 0.1) is 20.3 Å². The maximum atomic E-state index is 12.8. The van der Waals surface area contributed by atoms with E-state index in [4.69, 9.17) is 23.2 Å². The van der Waals surface area contributed by atoms with Crippen LogP contribution in [0.2, 0.25) is 8.67 Å². The Hall–Kier alpha value is -0.430. The molecule has 0 spiro atoms. The number of anilines is 1. The summed E-state index contributed by atoms with van der Waals surface area (Å²) in [6.07, 6.45) is -4.40. The molecule has 0 fully saturated rings. The number of hydrogen-bond acceptors (Lipinski definition) is 2. The van der Waals surface area contributed by atoms with Crippen LogP contribution in [0, 0.1) is 0 Å². The molecule has 0 saturated heterocycles. The maximum Gasteiger partial charge on any atom is 0.416 e. The minimum Gasteiger partial charge on any atom is -0.378 e. The summed E-state index contributed by atoms with van der Waals surface area (Å²) in [4.78, 5) is 0. The molecule has 2 aromatic rings. The Labute approximate surface area is 142 Å². The van der Waals surface area contributed by atoms with Crippen molar-refractivity contribution in [3.63, 3.8) is 0 Å². The third-order valence-corrected chi connectivity index (χ3v) is 4.73. The van der Waals surface area contributed by atoms with E-state index in [-0.39, 0.29) is 6.04 Å². The first-order valence-corrected chi connectivity index (χ1v) is 8.12. The van der Waals surface area contributed by atoms with Gasteiger partial charge in [0, 0.05) is 15.7 Å². The second kappa shape index (κ2) is 6.36. The SMILES string of the molecule is CC(Nc1cc(Br)cc(C(F)(F)F)c1)c1cc(Cl)sc1Cl. The number of benzene rings is 1. The topological polar surface area (TPSA) is 12.0 Å². The van der Waals surface area contributed by atoms with Crippen molar-refractivity contribution in [2.24, 2.45) is 0 Å². The molecule has 0 amide bonds. The van der Waals surface area contributed by atoms with Crippen molar-refractivity contribution in [2.45, 2.75) is 19.1 Å². The van der Waals surface area contributed by atoms with Crippen molar-refractivity contribution in [3.05, 3.63) is 48.5 Å². The molecule has 1 N–H and O–H groups in total. The molecule has 8 heteroatoms. The second-order valence-electron chi connectivity index (χ2n) is 4.37. The highest BCUT2D eigenvalue weighted by atomic mass is 79.9. The van der Waals surface area contributed by atoms with Crippen molar-refractivity contribution < 1.29 is 13.2 Å². The van der Waals surface area contributed by atoms with E-state index >= 15 is 0 Å². The van der Waals surface area contributed by atoms with Crippen LogP contribution in [-0.4, -0.2) is 0 Å². The van der Waals surface area contributed by atoms with Gasteiger partial charge in [-0.05, 0) is 31.2 Å².